The zero-order chi connectivity index (χ0) is 24.5. The van der Waals surface area contributed by atoms with Gasteiger partial charge in [0.2, 0.25) is 0 Å². The van der Waals surface area contributed by atoms with Crippen molar-refractivity contribution in [2.45, 2.75) is 32.9 Å². The molecule has 0 amide bonds. The first-order valence-corrected chi connectivity index (χ1v) is 12.7. The van der Waals surface area contributed by atoms with Gasteiger partial charge in [-0.25, -0.2) is 5.01 Å². The van der Waals surface area contributed by atoms with Gasteiger partial charge in [-0.2, -0.15) is 0 Å². The van der Waals surface area contributed by atoms with E-state index in [0.717, 1.165) is 45.8 Å². The molecule has 0 N–H and O–H groups in total. The molecule has 1 atom stereocenters. The Morgan fingerprint density at radius 2 is 1.57 bits per heavy atom. The second-order valence-electron chi connectivity index (χ2n) is 9.00. The summed E-state index contributed by atoms with van der Waals surface area (Å²) in [4.78, 5) is 17.3. The summed E-state index contributed by atoms with van der Waals surface area (Å²) in [5.41, 5.74) is 5.08. The minimum Gasteiger partial charge on any atom is -0.496 e. The van der Waals surface area contributed by atoms with E-state index in [-0.39, 0.29) is 5.78 Å². The number of nitrogens with zero attached hydrogens (tertiary/aromatic N) is 4. The predicted molar refractivity (Wildman–Crippen MR) is 146 cm³/mol. The van der Waals surface area contributed by atoms with Crippen LogP contribution in [-0.2, 0) is 4.79 Å². The van der Waals surface area contributed by atoms with E-state index in [1.165, 1.54) is 18.5 Å². The second-order valence-corrected chi connectivity index (χ2v) is 9.92. The Kier molecular flexibility index (Phi) is 6.52. The van der Waals surface area contributed by atoms with Crippen molar-refractivity contribution in [3.63, 3.8) is 0 Å². The normalized spacial score (nSPS) is 17.7. The summed E-state index contributed by atoms with van der Waals surface area (Å²) in [6, 6.07) is 22.6. The zero-order valence-electron chi connectivity index (χ0n) is 20.2. The highest BCUT2D eigenvalue weighted by Gasteiger charge is 2.40. The maximum absolute atomic E-state index is 12.9. The van der Waals surface area contributed by atoms with E-state index in [4.69, 9.17) is 9.84 Å². The van der Waals surface area contributed by atoms with Crippen LogP contribution in [-0.4, -0.2) is 31.8 Å². The minimum absolute atomic E-state index is 0.0952. The summed E-state index contributed by atoms with van der Waals surface area (Å²) >= 11 is 3.62. The predicted octanol–water partition coefficient (Wildman–Crippen LogP) is 6.29. The molecule has 1 saturated heterocycles. The molecule has 6 nitrogen and oxygen atoms in total. The van der Waals surface area contributed by atoms with Crippen molar-refractivity contribution in [2.24, 2.45) is 5.10 Å². The molecule has 7 heteroatoms. The van der Waals surface area contributed by atoms with Gasteiger partial charge in [0.05, 0.1) is 12.8 Å². The zero-order valence-corrected chi connectivity index (χ0v) is 21.8. The van der Waals surface area contributed by atoms with E-state index in [1.807, 2.05) is 40.2 Å². The first kappa shape index (κ1) is 23.4. The van der Waals surface area contributed by atoms with Gasteiger partial charge in [0.1, 0.15) is 5.75 Å². The Morgan fingerprint density at radius 1 is 0.943 bits per heavy atom. The monoisotopic (exact) mass is 532 g/mol. The van der Waals surface area contributed by atoms with Crippen molar-refractivity contribution in [3.8, 4) is 5.75 Å². The lowest BCUT2D eigenvalue weighted by atomic mass is 10.1. The first-order chi connectivity index (χ1) is 17.0. The number of hydrazone groups is 1. The molecule has 5 rings (SSSR count). The fraction of sp³-hybridized carbons (Fsp3) is 0.286. The van der Waals surface area contributed by atoms with Gasteiger partial charge in [-0.3, -0.25) is 9.69 Å². The molecule has 2 heterocycles. The highest BCUT2D eigenvalue weighted by molar-refractivity contribution is 9.10. The smallest absolute Gasteiger partial charge is 0.198 e. The average Bonchev–Trinajstić information content (AvgIpc) is 3.53. The number of amidine groups is 1. The molecule has 2 aliphatic rings. The third-order valence-corrected chi connectivity index (χ3v) is 7.08. The fourth-order valence-electron chi connectivity index (χ4n) is 4.81. The number of methoxy groups -OCH3 is 1. The molecule has 2 aliphatic heterocycles. The Bertz CT molecular complexity index is 1250. The fourth-order valence-corrected chi connectivity index (χ4v) is 5.19. The van der Waals surface area contributed by atoms with Gasteiger partial charge in [0.15, 0.2) is 17.8 Å². The summed E-state index contributed by atoms with van der Waals surface area (Å²) in [6.45, 7) is 5.80. The topological polar surface area (TPSA) is 48.4 Å². The number of benzene rings is 3. The number of carbonyl (C=O) groups excluding carboxylic acids is 1. The Hall–Kier alpha value is -3.32. The van der Waals surface area contributed by atoms with Crippen LogP contribution in [0, 0.1) is 6.92 Å². The van der Waals surface area contributed by atoms with Gasteiger partial charge < -0.3 is 9.64 Å². The molecule has 1 unspecified atom stereocenters. The minimum atomic E-state index is -0.401. The van der Waals surface area contributed by atoms with E-state index in [1.54, 1.807) is 14.0 Å². The standard InChI is InChI=1S/C28H29BrN4O2/c1-19-6-9-24(10-7-19)33-28(25-18-21(29)8-15-26(25)35-3)32(27(30-33)20(2)34)23-13-11-22(12-14-23)31-16-4-5-17-31/h6-15,18,28H,4-5,16-17H2,1-3H3. The van der Waals surface area contributed by atoms with Crippen molar-refractivity contribution in [3.05, 3.63) is 82.3 Å². The highest BCUT2D eigenvalue weighted by Crippen LogP contribution is 2.43. The number of Topliss-reactive ketones (excluding diaryl/α,β-unsaturated/α-hetero) is 1. The third kappa shape index (κ3) is 4.52. The summed E-state index contributed by atoms with van der Waals surface area (Å²) < 4.78 is 6.69. The van der Waals surface area contributed by atoms with Gasteiger partial charge in [0.25, 0.3) is 0 Å². The number of halogens is 1. The molecule has 0 spiro atoms. The summed E-state index contributed by atoms with van der Waals surface area (Å²) in [7, 11) is 1.67. The largest absolute Gasteiger partial charge is 0.496 e. The molecule has 0 aliphatic carbocycles. The molecule has 0 aromatic heterocycles. The van der Waals surface area contributed by atoms with Crippen LogP contribution >= 0.6 is 15.9 Å². The molecular formula is C28H29BrN4O2. The number of hydrogen-bond donors (Lipinski definition) is 0. The number of aryl methyl sites for hydroxylation is 1. The van der Waals surface area contributed by atoms with Crippen molar-refractivity contribution < 1.29 is 9.53 Å². The number of ketones is 1. The van der Waals surface area contributed by atoms with Crippen LogP contribution < -0.4 is 19.5 Å². The van der Waals surface area contributed by atoms with Crippen molar-refractivity contribution in [1.82, 2.24) is 0 Å². The number of carbonyl (C=O) groups is 1. The molecule has 1 fully saturated rings. The van der Waals surface area contributed by atoms with Crippen LogP contribution in [0.1, 0.15) is 37.1 Å². The van der Waals surface area contributed by atoms with E-state index >= 15 is 0 Å². The molecule has 180 valence electrons. The lowest BCUT2D eigenvalue weighted by molar-refractivity contribution is -0.111. The lowest BCUT2D eigenvalue weighted by Crippen LogP contribution is -2.38. The quantitative estimate of drug-likeness (QED) is 0.373. The number of ether oxygens (including phenoxy) is 1. The van der Waals surface area contributed by atoms with Crippen molar-refractivity contribution in [1.29, 1.82) is 0 Å². The molecule has 35 heavy (non-hydrogen) atoms. The van der Waals surface area contributed by atoms with Crippen LogP contribution in [0.15, 0.2) is 76.3 Å². The van der Waals surface area contributed by atoms with Crippen LogP contribution in [0.3, 0.4) is 0 Å². The summed E-state index contributed by atoms with van der Waals surface area (Å²) in [5.74, 6) is 1.03. The Balaban J connectivity index is 1.65. The Morgan fingerprint density at radius 3 is 2.20 bits per heavy atom. The third-order valence-electron chi connectivity index (χ3n) is 6.59. The van der Waals surface area contributed by atoms with Crippen LogP contribution in [0.25, 0.3) is 0 Å². The molecule has 0 saturated carbocycles. The van der Waals surface area contributed by atoms with Crippen LogP contribution in [0.4, 0.5) is 17.1 Å². The summed E-state index contributed by atoms with van der Waals surface area (Å²) in [6.07, 6.45) is 2.05. The molecular weight excluding hydrogens is 504 g/mol. The van der Waals surface area contributed by atoms with Crippen LogP contribution in [0.2, 0.25) is 0 Å². The SMILES string of the molecule is COc1ccc(Br)cc1C1N(c2ccc(C)cc2)N=C(C(C)=O)N1c1ccc(N2CCCC2)cc1. The van der Waals surface area contributed by atoms with Crippen molar-refractivity contribution in [2.75, 3.05) is 35.0 Å². The van der Waals surface area contributed by atoms with Gasteiger partial charge in [-0.05, 0) is 74.4 Å². The maximum atomic E-state index is 12.9. The summed E-state index contributed by atoms with van der Waals surface area (Å²) in [5, 5.41) is 6.76. The second kappa shape index (κ2) is 9.74. The number of hydrogen-bond acceptors (Lipinski definition) is 6. The van der Waals surface area contributed by atoms with E-state index in [9.17, 15) is 4.79 Å². The lowest BCUT2D eigenvalue weighted by Gasteiger charge is -2.33. The van der Waals surface area contributed by atoms with Gasteiger partial charge >= 0.3 is 0 Å². The molecule has 3 aromatic carbocycles. The van der Waals surface area contributed by atoms with E-state index < -0.39 is 6.17 Å². The van der Waals surface area contributed by atoms with Crippen LogP contribution in [0.5, 0.6) is 5.75 Å². The van der Waals surface area contributed by atoms with E-state index in [2.05, 4.69) is 64.2 Å². The van der Waals surface area contributed by atoms with Gasteiger partial charge in [-0.15, -0.1) is 5.10 Å². The van der Waals surface area contributed by atoms with Gasteiger partial charge in [0, 0.05) is 41.4 Å². The molecule has 3 aromatic rings. The Labute approximate surface area is 214 Å². The average molecular weight is 533 g/mol. The highest BCUT2D eigenvalue weighted by atomic mass is 79.9. The molecule has 0 bridgehead atoms. The maximum Gasteiger partial charge on any atom is 0.198 e. The van der Waals surface area contributed by atoms with E-state index in [0.29, 0.717) is 5.84 Å². The van der Waals surface area contributed by atoms with Gasteiger partial charge in [-0.1, -0.05) is 33.6 Å². The number of anilines is 3. The molecule has 0 radical (unpaired) electrons. The number of rotatable bonds is 6. The first-order valence-electron chi connectivity index (χ1n) is 11.9. The van der Waals surface area contributed by atoms with Crippen molar-refractivity contribution >= 4 is 44.6 Å².